The maximum Gasteiger partial charge on any atom is 0.306 e. The Kier molecular flexibility index (Phi) is 4.44. The first-order valence-electron chi connectivity index (χ1n) is 7.21. The van der Waals surface area contributed by atoms with Gasteiger partial charge in [0.25, 0.3) is 0 Å². The van der Waals surface area contributed by atoms with Crippen LogP contribution in [0.1, 0.15) is 24.2 Å². The van der Waals surface area contributed by atoms with Gasteiger partial charge in [0, 0.05) is 12.2 Å². The van der Waals surface area contributed by atoms with Crippen LogP contribution >= 0.6 is 11.8 Å². The highest BCUT2D eigenvalue weighted by molar-refractivity contribution is 7.99. The number of esters is 1. The lowest BCUT2D eigenvalue weighted by Crippen LogP contribution is -2.12. The van der Waals surface area contributed by atoms with Crippen molar-refractivity contribution in [3.8, 4) is 5.69 Å². The van der Waals surface area contributed by atoms with Crippen LogP contribution in [0.3, 0.4) is 0 Å². The van der Waals surface area contributed by atoms with Crippen molar-refractivity contribution in [2.75, 3.05) is 5.75 Å². The Bertz CT molecular complexity index is 686. The van der Waals surface area contributed by atoms with E-state index in [1.807, 2.05) is 35.8 Å². The van der Waals surface area contributed by atoms with Gasteiger partial charge in [-0.05, 0) is 25.0 Å². The average molecular weight is 318 g/mol. The molecule has 2 heterocycles. The fourth-order valence-electron chi connectivity index (χ4n) is 2.45. The summed E-state index contributed by atoms with van der Waals surface area (Å²) in [6.45, 7) is 2.36. The molecule has 2 aromatic rings. The number of aromatic nitrogens is 3. The van der Waals surface area contributed by atoms with E-state index in [-0.39, 0.29) is 12.1 Å². The van der Waals surface area contributed by atoms with E-state index in [2.05, 4.69) is 10.2 Å². The Labute approximate surface area is 133 Å². The lowest BCUT2D eigenvalue weighted by Gasteiger charge is -2.13. The fraction of sp³-hybridized carbons (Fsp3) is 0.400. The molecule has 1 unspecified atom stereocenters. The molecule has 1 aromatic carbocycles. The lowest BCUT2D eigenvalue weighted by molar-refractivity contribution is -0.140. The minimum atomic E-state index is -0.117. The molecule has 7 heteroatoms. The third-order valence-electron chi connectivity index (χ3n) is 3.61. The van der Waals surface area contributed by atoms with E-state index in [0.717, 1.165) is 28.7 Å². The zero-order chi connectivity index (χ0) is 15.5. The largest absolute Gasteiger partial charge is 0.461 e. The van der Waals surface area contributed by atoms with Crippen LogP contribution in [0.2, 0.25) is 0 Å². The standard InChI is InChI=1S/C15H18N4O2S/c1-10-4-2-3-5-12(10)19-13(8-16)17-18-15(19)22-9-11-6-7-14(20)21-11/h2-5,11H,6-9,16H2,1H3. The van der Waals surface area contributed by atoms with Crippen molar-refractivity contribution >= 4 is 17.7 Å². The first-order valence-corrected chi connectivity index (χ1v) is 8.20. The lowest BCUT2D eigenvalue weighted by atomic mass is 10.2. The van der Waals surface area contributed by atoms with Gasteiger partial charge in [-0.15, -0.1) is 10.2 Å². The number of cyclic esters (lactones) is 1. The molecule has 3 rings (SSSR count). The van der Waals surface area contributed by atoms with Crippen LogP contribution in [0, 0.1) is 6.92 Å². The van der Waals surface area contributed by atoms with E-state index in [1.54, 1.807) is 11.8 Å². The highest BCUT2D eigenvalue weighted by Gasteiger charge is 2.24. The van der Waals surface area contributed by atoms with Crippen LogP contribution < -0.4 is 5.73 Å². The van der Waals surface area contributed by atoms with Crippen molar-refractivity contribution < 1.29 is 9.53 Å². The Morgan fingerprint density at radius 3 is 2.91 bits per heavy atom. The number of aryl methyl sites for hydroxylation is 1. The molecular weight excluding hydrogens is 300 g/mol. The van der Waals surface area contributed by atoms with Gasteiger partial charge in [0.2, 0.25) is 0 Å². The first-order chi connectivity index (χ1) is 10.7. The Morgan fingerprint density at radius 1 is 1.41 bits per heavy atom. The van der Waals surface area contributed by atoms with Crippen LogP contribution in [0.15, 0.2) is 29.4 Å². The molecule has 0 amide bonds. The number of carbonyl (C=O) groups is 1. The van der Waals surface area contributed by atoms with Gasteiger partial charge >= 0.3 is 5.97 Å². The third-order valence-corrected chi connectivity index (χ3v) is 4.67. The van der Waals surface area contributed by atoms with Gasteiger partial charge in [0.1, 0.15) is 6.10 Å². The summed E-state index contributed by atoms with van der Waals surface area (Å²) in [6, 6.07) is 8.05. The van der Waals surface area contributed by atoms with Gasteiger partial charge in [-0.2, -0.15) is 0 Å². The normalized spacial score (nSPS) is 17.7. The molecule has 1 fully saturated rings. The number of ether oxygens (including phenoxy) is 1. The third kappa shape index (κ3) is 3.00. The van der Waals surface area contributed by atoms with Crippen molar-refractivity contribution in [1.82, 2.24) is 14.8 Å². The molecule has 0 aliphatic carbocycles. The average Bonchev–Trinajstić information content (AvgIpc) is 3.11. The smallest absolute Gasteiger partial charge is 0.306 e. The number of thioether (sulfide) groups is 1. The van der Waals surface area contributed by atoms with Crippen LogP contribution in [0.25, 0.3) is 5.69 Å². The van der Waals surface area contributed by atoms with Gasteiger partial charge in [-0.25, -0.2) is 0 Å². The second-order valence-corrected chi connectivity index (χ2v) is 6.17. The molecule has 0 saturated carbocycles. The van der Waals surface area contributed by atoms with E-state index in [0.29, 0.717) is 18.7 Å². The van der Waals surface area contributed by atoms with Crippen molar-refractivity contribution in [2.45, 2.75) is 37.6 Å². The summed E-state index contributed by atoms with van der Waals surface area (Å²) in [5, 5.41) is 9.19. The number of rotatable bonds is 5. The number of hydrogen-bond acceptors (Lipinski definition) is 6. The van der Waals surface area contributed by atoms with Crippen LogP contribution in [0.4, 0.5) is 0 Å². The SMILES string of the molecule is Cc1ccccc1-n1c(CN)nnc1SCC1CCC(=O)O1. The summed E-state index contributed by atoms with van der Waals surface area (Å²) in [5.74, 6) is 1.29. The zero-order valence-electron chi connectivity index (χ0n) is 12.4. The predicted molar refractivity (Wildman–Crippen MR) is 83.8 cm³/mol. The predicted octanol–water partition coefficient (Wildman–Crippen LogP) is 1.83. The molecule has 0 spiro atoms. The number of nitrogens with two attached hydrogens (primary N) is 1. The van der Waals surface area contributed by atoms with Gasteiger partial charge in [0.15, 0.2) is 11.0 Å². The number of para-hydroxylation sites is 1. The summed E-state index contributed by atoms with van der Waals surface area (Å²) >= 11 is 1.54. The van der Waals surface area contributed by atoms with Gasteiger partial charge in [0.05, 0.1) is 12.2 Å². The van der Waals surface area contributed by atoms with E-state index in [1.165, 1.54) is 0 Å². The highest BCUT2D eigenvalue weighted by Crippen LogP contribution is 2.27. The van der Waals surface area contributed by atoms with Crippen molar-refractivity contribution in [3.05, 3.63) is 35.7 Å². The summed E-state index contributed by atoms with van der Waals surface area (Å²) < 4.78 is 7.23. The second-order valence-electron chi connectivity index (χ2n) is 5.19. The molecule has 1 aromatic heterocycles. The van der Waals surface area contributed by atoms with E-state index >= 15 is 0 Å². The summed E-state index contributed by atoms with van der Waals surface area (Å²) in [5.41, 5.74) is 7.94. The Morgan fingerprint density at radius 2 is 2.23 bits per heavy atom. The van der Waals surface area contributed by atoms with Gasteiger partial charge in [-0.1, -0.05) is 30.0 Å². The van der Waals surface area contributed by atoms with Crippen molar-refractivity contribution in [3.63, 3.8) is 0 Å². The summed E-state index contributed by atoms with van der Waals surface area (Å²) in [7, 11) is 0. The topological polar surface area (TPSA) is 83.0 Å². The zero-order valence-corrected chi connectivity index (χ0v) is 13.2. The Balaban J connectivity index is 1.84. The van der Waals surface area contributed by atoms with Crippen LogP contribution in [-0.4, -0.2) is 32.6 Å². The molecule has 0 bridgehead atoms. The van der Waals surface area contributed by atoms with Crippen LogP contribution in [0.5, 0.6) is 0 Å². The molecule has 1 aliphatic heterocycles. The summed E-state index contributed by atoms with van der Waals surface area (Å²) in [4.78, 5) is 11.2. The molecule has 2 N–H and O–H groups in total. The summed E-state index contributed by atoms with van der Waals surface area (Å²) in [6.07, 6.45) is 1.23. The number of hydrogen-bond donors (Lipinski definition) is 1. The molecule has 116 valence electrons. The minimum Gasteiger partial charge on any atom is -0.461 e. The van der Waals surface area contributed by atoms with Crippen LogP contribution in [-0.2, 0) is 16.1 Å². The molecule has 6 nitrogen and oxygen atoms in total. The molecule has 0 radical (unpaired) electrons. The fourth-order valence-corrected chi connectivity index (χ4v) is 3.45. The molecule has 1 aliphatic rings. The van der Waals surface area contributed by atoms with Crippen molar-refractivity contribution in [2.24, 2.45) is 5.73 Å². The van der Waals surface area contributed by atoms with Crippen molar-refractivity contribution in [1.29, 1.82) is 0 Å². The maximum absolute atomic E-state index is 11.2. The quantitative estimate of drug-likeness (QED) is 0.669. The molecular formula is C15H18N4O2S. The monoisotopic (exact) mass is 318 g/mol. The molecule has 22 heavy (non-hydrogen) atoms. The number of nitrogens with zero attached hydrogens (tertiary/aromatic N) is 3. The van der Waals surface area contributed by atoms with Gasteiger partial charge < -0.3 is 10.5 Å². The van der Waals surface area contributed by atoms with E-state index in [4.69, 9.17) is 10.5 Å². The highest BCUT2D eigenvalue weighted by atomic mass is 32.2. The Hall–Kier alpha value is -1.86. The van der Waals surface area contributed by atoms with E-state index < -0.39 is 0 Å². The molecule has 1 atom stereocenters. The minimum absolute atomic E-state index is 0.0409. The number of benzene rings is 1. The molecule has 1 saturated heterocycles. The van der Waals surface area contributed by atoms with Gasteiger partial charge in [-0.3, -0.25) is 9.36 Å². The number of carbonyl (C=O) groups excluding carboxylic acids is 1. The van der Waals surface area contributed by atoms with E-state index in [9.17, 15) is 4.79 Å². The first kappa shape index (κ1) is 15.1. The second kappa shape index (κ2) is 6.50. The maximum atomic E-state index is 11.2.